The van der Waals surface area contributed by atoms with Gasteiger partial charge in [0.1, 0.15) is 0 Å². The molecule has 19 heavy (non-hydrogen) atoms. The summed E-state index contributed by atoms with van der Waals surface area (Å²) >= 11 is 0. The largest absolute Gasteiger partial charge is 0.756 e. The van der Waals surface area contributed by atoms with E-state index in [4.69, 9.17) is 19.4 Å². The van der Waals surface area contributed by atoms with Crippen molar-refractivity contribution in [2.45, 2.75) is 40.1 Å². The van der Waals surface area contributed by atoms with Crippen molar-refractivity contribution in [2.24, 2.45) is 0 Å². The normalized spacial score (nSPS) is 13.1. The lowest BCUT2D eigenvalue weighted by atomic mass is 10.5. The molecule has 0 fully saturated rings. The zero-order valence-electron chi connectivity index (χ0n) is 11.7. The maximum Gasteiger partial charge on any atom is 0.510 e. The lowest BCUT2D eigenvalue weighted by Gasteiger charge is -2.38. The van der Waals surface area contributed by atoms with Crippen LogP contribution in [0.5, 0.6) is 0 Å². The van der Waals surface area contributed by atoms with Crippen LogP contribution in [0.2, 0.25) is 0 Å². The van der Waals surface area contributed by atoms with Gasteiger partial charge in [-0.2, -0.15) is 0 Å². The lowest BCUT2D eigenvalue weighted by molar-refractivity contribution is -0.233. The third-order valence-electron chi connectivity index (χ3n) is 1.87. The second-order valence-electron chi connectivity index (χ2n) is 3.85. The molecule has 1 atom stereocenters. The number of rotatable bonds is 9. The number of hydrazine groups is 2. The van der Waals surface area contributed by atoms with Crippen LogP contribution in [-0.2, 0) is 14.3 Å². The quantitative estimate of drug-likeness (QED) is 0.351. The van der Waals surface area contributed by atoms with E-state index in [9.17, 15) is 10.0 Å². The first kappa shape index (κ1) is 18.0. The molecule has 1 unspecified atom stereocenters. The highest BCUT2D eigenvalue weighted by Gasteiger charge is 2.13. The summed E-state index contributed by atoms with van der Waals surface area (Å²) in [7, 11) is 0. The van der Waals surface area contributed by atoms with Crippen LogP contribution in [0, 0.1) is 5.21 Å². The number of hydrogen-bond donors (Lipinski definition) is 2. The van der Waals surface area contributed by atoms with Crippen molar-refractivity contribution in [2.75, 3.05) is 19.7 Å². The van der Waals surface area contributed by atoms with Crippen LogP contribution in [0.1, 0.15) is 27.7 Å². The van der Waals surface area contributed by atoms with E-state index in [-0.39, 0.29) is 19.3 Å². The van der Waals surface area contributed by atoms with Crippen LogP contribution in [-0.4, -0.2) is 53.6 Å². The number of likely N-dealkylation sites (N-methyl/N-ethyl adjacent to an activating group) is 1. The van der Waals surface area contributed by atoms with Crippen LogP contribution >= 0.6 is 0 Å². The van der Waals surface area contributed by atoms with E-state index in [1.165, 1.54) is 11.9 Å². The Bertz CT molecular complexity index is 253. The second-order valence-corrected chi connectivity index (χ2v) is 3.85. The van der Waals surface area contributed by atoms with Crippen molar-refractivity contribution in [1.82, 2.24) is 15.9 Å². The molecule has 9 nitrogen and oxygen atoms in total. The van der Waals surface area contributed by atoms with Gasteiger partial charge in [-0.1, -0.05) is 6.92 Å². The summed E-state index contributed by atoms with van der Waals surface area (Å²) in [4.78, 5) is 15.9. The fourth-order valence-electron chi connectivity index (χ4n) is 1.05. The van der Waals surface area contributed by atoms with Gasteiger partial charge in [0.25, 0.3) is 0 Å². The van der Waals surface area contributed by atoms with Gasteiger partial charge in [0.05, 0.1) is 12.7 Å². The highest BCUT2D eigenvalue weighted by atomic mass is 16.9. The zero-order valence-corrected chi connectivity index (χ0v) is 11.7. The maximum absolute atomic E-state index is 11.5. The Balaban J connectivity index is 3.94. The van der Waals surface area contributed by atoms with E-state index in [0.717, 1.165) is 0 Å². The van der Waals surface area contributed by atoms with E-state index in [0.29, 0.717) is 11.8 Å². The monoisotopic (exact) mass is 280 g/mol. The van der Waals surface area contributed by atoms with Gasteiger partial charge in [0.2, 0.25) is 6.29 Å². The predicted molar refractivity (Wildman–Crippen MR) is 65.9 cm³/mol. The number of ether oxygens (including phenoxy) is 2. The van der Waals surface area contributed by atoms with Crippen molar-refractivity contribution in [3.05, 3.63) is 5.21 Å². The predicted octanol–water partition coefficient (Wildman–Crippen LogP) is 0.359. The molecule has 0 aliphatic rings. The molecular formula is C10H22N3O6-. The summed E-state index contributed by atoms with van der Waals surface area (Å²) in [6.45, 7) is 6.89. The van der Waals surface area contributed by atoms with Crippen LogP contribution in [0.15, 0.2) is 0 Å². The summed E-state index contributed by atoms with van der Waals surface area (Å²) in [5.41, 5.74) is 2.04. The summed E-state index contributed by atoms with van der Waals surface area (Å²) in [6.07, 6.45) is -2.19. The van der Waals surface area contributed by atoms with Crippen LogP contribution in [0.4, 0.5) is 4.79 Å². The van der Waals surface area contributed by atoms with Crippen molar-refractivity contribution in [3.8, 4) is 0 Å². The van der Waals surface area contributed by atoms with Crippen LogP contribution in [0.3, 0.4) is 0 Å². The van der Waals surface area contributed by atoms with E-state index in [1.54, 1.807) is 20.8 Å². The molecular weight excluding hydrogens is 258 g/mol. The zero-order chi connectivity index (χ0) is 14.8. The minimum Gasteiger partial charge on any atom is -0.756 e. The molecule has 0 radical (unpaired) electrons. The first-order chi connectivity index (χ1) is 8.90. The summed E-state index contributed by atoms with van der Waals surface area (Å²) < 4.78 is 9.44. The lowest BCUT2D eigenvalue weighted by Crippen LogP contribution is -2.49. The molecule has 2 N–H and O–H groups in total. The Hall–Kier alpha value is -0.970. The van der Waals surface area contributed by atoms with E-state index >= 15 is 0 Å². The molecule has 114 valence electrons. The summed E-state index contributed by atoms with van der Waals surface area (Å²) in [5.74, 6) is 0. The maximum atomic E-state index is 11.5. The second kappa shape index (κ2) is 9.89. The smallest absolute Gasteiger partial charge is 0.510 e. The van der Waals surface area contributed by atoms with Crippen molar-refractivity contribution >= 4 is 6.16 Å². The minimum absolute atomic E-state index is 0.154. The number of hydrogen-bond acceptors (Lipinski definition) is 9. The third kappa shape index (κ3) is 8.70. The van der Waals surface area contributed by atoms with E-state index in [1.807, 2.05) is 5.59 Å². The molecule has 9 heteroatoms. The number of nitrogens with one attached hydrogen (secondary N) is 1. The van der Waals surface area contributed by atoms with E-state index in [2.05, 4.69) is 0 Å². The SMILES string of the molecule is CCN(CCO)N([O-])NOC(C)OC(=O)OC(C)C. The number of aliphatic hydroxyl groups is 1. The molecule has 0 aromatic carbocycles. The molecule has 0 bridgehead atoms. The van der Waals surface area contributed by atoms with Gasteiger partial charge >= 0.3 is 6.16 Å². The molecule has 0 heterocycles. The average Bonchev–Trinajstić information content (AvgIpc) is 2.31. The van der Waals surface area contributed by atoms with Gasteiger partial charge in [0, 0.05) is 20.0 Å². The number of carbonyl (C=O) groups excluding carboxylic acids is 1. The van der Waals surface area contributed by atoms with Gasteiger partial charge in [-0.05, 0) is 13.8 Å². The van der Waals surface area contributed by atoms with Crippen LogP contribution < -0.4 is 5.59 Å². The first-order valence-corrected chi connectivity index (χ1v) is 6.02. The fraction of sp³-hybridized carbons (Fsp3) is 0.900. The van der Waals surface area contributed by atoms with Gasteiger partial charge in [-0.3, -0.25) is 0 Å². The van der Waals surface area contributed by atoms with Crippen molar-refractivity contribution < 1.29 is 24.2 Å². The summed E-state index contributed by atoms with van der Waals surface area (Å²) in [5, 5.41) is 21.7. The van der Waals surface area contributed by atoms with Crippen molar-refractivity contribution in [1.29, 1.82) is 0 Å². The molecule has 0 aliphatic carbocycles. The fourth-order valence-corrected chi connectivity index (χ4v) is 1.05. The topological polar surface area (TPSA) is 107 Å². The standard InChI is InChI=1S/C10H22N3O6/c1-5-12(6-7-14)13(16)11-19-9(4)18-10(15)17-8(2)3/h8-9,11,14H,5-7H2,1-4H3/q-1. The van der Waals surface area contributed by atoms with Gasteiger partial charge in [0.15, 0.2) is 0 Å². The molecule has 0 rings (SSSR count). The Labute approximate surface area is 112 Å². The first-order valence-electron chi connectivity index (χ1n) is 6.02. The highest BCUT2D eigenvalue weighted by molar-refractivity contribution is 5.60. The Morgan fingerprint density at radius 2 is 2.00 bits per heavy atom. The molecule has 0 saturated carbocycles. The van der Waals surface area contributed by atoms with Gasteiger partial charge < -0.3 is 19.8 Å². The number of carbonyl (C=O) groups is 1. The van der Waals surface area contributed by atoms with Crippen LogP contribution in [0.25, 0.3) is 0 Å². The third-order valence-corrected chi connectivity index (χ3v) is 1.87. The Morgan fingerprint density at radius 3 is 2.47 bits per heavy atom. The molecule has 0 aliphatic heterocycles. The minimum atomic E-state index is -1.00. The number of aliphatic hydroxyl groups excluding tert-OH is 1. The average molecular weight is 280 g/mol. The Morgan fingerprint density at radius 1 is 1.37 bits per heavy atom. The molecule has 0 aromatic rings. The summed E-state index contributed by atoms with van der Waals surface area (Å²) in [6, 6.07) is 0. The number of nitrogens with zero attached hydrogens (tertiary/aromatic N) is 2. The van der Waals surface area contributed by atoms with Crippen molar-refractivity contribution in [3.63, 3.8) is 0 Å². The van der Waals surface area contributed by atoms with E-state index < -0.39 is 12.4 Å². The van der Waals surface area contributed by atoms with Gasteiger partial charge in [-0.15, -0.1) is 5.59 Å². The molecule has 0 amide bonds. The highest BCUT2D eigenvalue weighted by Crippen LogP contribution is 1.99. The molecule has 0 aromatic heterocycles. The molecule has 0 saturated heterocycles. The Kier molecular flexibility index (Phi) is 9.39. The van der Waals surface area contributed by atoms with Gasteiger partial charge in [-0.25, -0.2) is 19.9 Å². The molecule has 0 spiro atoms.